The number of hydrogen-bond acceptors (Lipinski definition) is 4. The molecule has 0 saturated carbocycles. The summed E-state index contributed by atoms with van der Waals surface area (Å²) in [5, 5.41) is 0.890. The first-order valence-electron chi connectivity index (χ1n) is 9.52. The number of piperidine rings is 1. The Labute approximate surface area is 157 Å². The van der Waals surface area contributed by atoms with E-state index in [4.69, 9.17) is 9.15 Å². The van der Waals surface area contributed by atoms with Gasteiger partial charge in [-0.15, -0.1) is 0 Å². The van der Waals surface area contributed by atoms with E-state index in [1.165, 1.54) is 7.11 Å². The number of methoxy groups -OCH3 is 1. The molecule has 0 radical (unpaired) electrons. The molecule has 6 nitrogen and oxygen atoms in total. The van der Waals surface area contributed by atoms with Gasteiger partial charge in [0.1, 0.15) is 17.8 Å². The number of benzene rings is 1. The number of fused-ring (bicyclic) bond motifs is 3. The Morgan fingerprint density at radius 1 is 1.22 bits per heavy atom. The summed E-state index contributed by atoms with van der Waals surface area (Å²) in [5.74, 6) is -0.432. The predicted octanol–water partition coefficient (Wildman–Crippen LogP) is 3.97. The second-order valence-electron chi connectivity index (χ2n) is 7.06. The van der Waals surface area contributed by atoms with Crippen LogP contribution in [-0.4, -0.2) is 41.0 Å². The van der Waals surface area contributed by atoms with Crippen molar-refractivity contribution in [2.24, 2.45) is 0 Å². The highest BCUT2D eigenvalue weighted by Gasteiger charge is 2.28. The van der Waals surface area contributed by atoms with Gasteiger partial charge in [-0.1, -0.05) is 19.1 Å². The largest absolute Gasteiger partial charge is 0.464 e. The number of carbonyl (C=O) groups excluding carboxylic acids is 2. The Hall–Kier alpha value is -2.76. The number of likely N-dealkylation sites (tertiary alicyclic amines) is 1. The minimum atomic E-state index is -0.469. The smallest absolute Gasteiger partial charge is 0.354 e. The second kappa shape index (κ2) is 7.10. The van der Waals surface area contributed by atoms with Gasteiger partial charge in [-0.3, -0.25) is 4.79 Å². The van der Waals surface area contributed by atoms with Gasteiger partial charge in [0.15, 0.2) is 5.58 Å². The van der Waals surface area contributed by atoms with Crippen LogP contribution in [0.5, 0.6) is 0 Å². The van der Waals surface area contributed by atoms with Gasteiger partial charge in [-0.05, 0) is 37.8 Å². The fraction of sp³-hybridized carbons (Fsp3) is 0.429. The average molecular weight is 368 g/mol. The van der Waals surface area contributed by atoms with Crippen molar-refractivity contribution in [1.29, 1.82) is 0 Å². The SMILES string of the molecule is CCC1CCCCN1C(=O)Cn1c(C(=O)OC)cc2oc3ccccc3c21. The van der Waals surface area contributed by atoms with Crippen molar-refractivity contribution >= 4 is 33.9 Å². The summed E-state index contributed by atoms with van der Waals surface area (Å²) in [7, 11) is 1.35. The Morgan fingerprint density at radius 2 is 2.04 bits per heavy atom. The number of nitrogens with zero attached hydrogens (tertiary/aromatic N) is 2. The number of furan rings is 1. The second-order valence-corrected chi connectivity index (χ2v) is 7.06. The highest BCUT2D eigenvalue weighted by Crippen LogP contribution is 2.32. The van der Waals surface area contributed by atoms with Crippen LogP contribution < -0.4 is 0 Å². The Balaban J connectivity index is 1.78. The summed E-state index contributed by atoms with van der Waals surface area (Å²) in [6.45, 7) is 3.00. The van der Waals surface area contributed by atoms with Crippen LogP contribution in [0.1, 0.15) is 43.1 Å². The Kier molecular flexibility index (Phi) is 4.64. The van der Waals surface area contributed by atoms with Crippen molar-refractivity contribution in [3.63, 3.8) is 0 Å². The molecule has 3 aromatic rings. The number of esters is 1. The van der Waals surface area contributed by atoms with E-state index >= 15 is 0 Å². The normalized spacial score (nSPS) is 17.6. The fourth-order valence-electron chi connectivity index (χ4n) is 4.17. The van der Waals surface area contributed by atoms with E-state index in [1.54, 1.807) is 10.6 Å². The molecule has 142 valence electrons. The monoisotopic (exact) mass is 368 g/mol. The number of hydrogen-bond donors (Lipinski definition) is 0. The van der Waals surface area contributed by atoms with Gasteiger partial charge in [-0.2, -0.15) is 0 Å². The molecule has 1 aromatic carbocycles. The lowest BCUT2D eigenvalue weighted by Crippen LogP contribution is -2.45. The van der Waals surface area contributed by atoms with Crippen molar-refractivity contribution in [3.05, 3.63) is 36.0 Å². The average Bonchev–Trinajstić information content (AvgIpc) is 3.24. The summed E-state index contributed by atoms with van der Waals surface area (Å²) in [6.07, 6.45) is 4.19. The summed E-state index contributed by atoms with van der Waals surface area (Å²) in [5.41, 5.74) is 2.44. The van der Waals surface area contributed by atoms with Gasteiger partial charge < -0.3 is 18.6 Å². The van der Waals surface area contributed by atoms with Crippen LogP contribution in [0.4, 0.5) is 0 Å². The van der Waals surface area contributed by atoms with Gasteiger partial charge in [0.05, 0.1) is 12.6 Å². The molecule has 4 rings (SSSR count). The molecule has 0 N–H and O–H groups in total. The number of aromatic nitrogens is 1. The Morgan fingerprint density at radius 3 is 2.81 bits per heavy atom. The molecular formula is C21H24N2O4. The molecule has 0 aliphatic carbocycles. The Bertz CT molecular complexity index is 1000. The van der Waals surface area contributed by atoms with Crippen LogP contribution in [0.2, 0.25) is 0 Å². The zero-order chi connectivity index (χ0) is 19.0. The van der Waals surface area contributed by atoms with Crippen LogP contribution in [0, 0.1) is 0 Å². The zero-order valence-corrected chi connectivity index (χ0v) is 15.7. The lowest BCUT2D eigenvalue weighted by molar-refractivity contribution is -0.135. The zero-order valence-electron chi connectivity index (χ0n) is 15.7. The molecule has 1 amide bonds. The molecule has 1 aliphatic rings. The third kappa shape index (κ3) is 2.99. The van der Waals surface area contributed by atoms with Crippen LogP contribution in [0.15, 0.2) is 34.7 Å². The van der Waals surface area contributed by atoms with E-state index < -0.39 is 5.97 Å². The molecule has 1 fully saturated rings. The van der Waals surface area contributed by atoms with Gasteiger partial charge in [-0.25, -0.2) is 4.79 Å². The van der Waals surface area contributed by atoms with E-state index in [9.17, 15) is 9.59 Å². The van der Waals surface area contributed by atoms with E-state index in [-0.39, 0.29) is 18.5 Å². The predicted molar refractivity (Wildman–Crippen MR) is 103 cm³/mol. The van der Waals surface area contributed by atoms with Crippen molar-refractivity contribution in [1.82, 2.24) is 9.47 Å². The highest BCUT2D eigenvalue weighted by molar-refractivity contribution is 6.07. The summed E-state index contributed by atoms with van der Waals surface area (Å²) in [4.78, 5) is 27.4. The molecule has 1 saturated heterocycles. The standard InChI is InChI=1S/C21H24N2O4/c1-3-14-8-6-7-11-22(14)19(24)13-23-16(21(25)26-2)12-18-20(23)15-9-4-5-10-17(15)27-18/h4-5,9-10,12,14H,3,6-8,11,13H2,1-2H3. The van der Waals surface area contributed by atoms with Gasteiger partial charge >= 0.3 is 5.97 Å². The maximum atomic E-state index is 13.1. The van der Waals surface area contributed by atoms with Crippen molar-refractivity contribution < 1.29 is 18.7 Å². The number of rotatable bonds is 4. The molecule has 2 aromatic heterocycles. The number of carbonyl (C=O) groups is 2. The first kappa shape index (κ1) is 17.6. The van der Waals surface area contributed by atoms with E-state index in [0.29, 0.717) is 11.3 Å². The molecule has 0 bridgehead atoms. The summed E-state index contributed by atoms with van der Waals surface area (Å²) >= 11 is 0. The molecular weight excluding hydrogens is 344 g/mol. The molecule has 1 aliphatic heterocycles. The molecule has 0 spiro atoms. The quantitative estimate of drug-likeness (QED) is 0.654. The lowest BCUT2D eigenvalue weighted by Gasteiger charge is -2.35. The van der Waals surface area contributed by atoms with Crippen molar-refractivity contribution in [2.45, 2.75) is 45.2 Å². The lowest BCUT2D eigenvalue weighted by atomic mass is 10.00. The molecule has 1 atom stereocenters. The van der Waals surface area contributed by atoms with E-state index in [2.05, 4.69) is 6.92 Å². The van der Waals surface area contributed by atoms with Crippen molar-refractivity contribution in [2.75, 3.05) is 13.7 Å². The van der Waals surface area contributed by atoms with Gasteiger partial charge in [0, 0.05) is 24.0 Å². The maximum Gasteiger partial charge on any atom is 0.354 e. The molecule has 27 heavy (non-hydrogen) atoms. The third-order valence-electron chi connectivity index (χ3n) is 5.53. The number of ether oxygens (including phenoxy) is 1. The summed E-state index contributed by atoms with van der Waals surface area (Å²) < 4.78 is 12.6. The maximum absolute atomic E-state index is 13.1. The van der Waals surface area contributed by atoms with Crippen LogP contribution in [0.3, 0.4) is 0 Å². The number of amides is 1. The summed E-state index contributed by atoms with van der Waals surface area (Å²) in [6, 6.07) is 9.60. The van der Waals surface area contributed by atoms with Gasteiger partial charge in [0.2, 0.25) is 5.91 Å². The fourth-order valence-corrected chi connectivity index (χ4v) is 4.17. The van der Waals surface area contributed by atoms with E-state index in [0.717, 1.165) is 48.7 Å². The van der Waals surface area contributed by atoms with Crippen molar-refractivity contribution in [3.8, 4) is 0 Å². The highest BCUT2D eigenvalue weighted by atomic mass is 16.5. The van der Waals surface area contributed by atoms with Crippen LogP contribution in [-0.2, 0) is 16.1 Å². The topological polar surface area (TPSA) is 64.7 Å². The molecule has 1 unspecified atom stereocenters. The first-order chi connectivity index (χ1) is 13.1. The molecule has 6 heteroatoms. The van der Waals surface area contributed by atoms with Crippen LogP contribution >= 0.6 is 0 Å². The third-order valence-corrected chi connectivity index (χ3v) is 5.53. The minimum Gasteiger partial charge on any atom is -0.464 e. The first-order valence-corrected chi connectivity index (χ1v) is 9.52. The molecule has 3 heterocycles. The van der Waals surface area contributed by atoms with Crippen LogP contribution in [0.25, 0.3) is 22.1 Å². The number of para-hydroxylation sites is 1. The minimum absolute atomic E-state index is 0.0366. The van der Waals surface area contributed by atoms with Gasteiger partial charge in [0.25, 0.3) is 0 Å². The van der Waals surface area contributed by atoms with E-state index in [1.807, 2.05) is 29.2 Å².